The van der Waals surface area contributed by atoms with Gasteiger partial charge in [-0.15, -0.1) is 12.4 Å². The lowest BCUT2D eigenvalue weighted by Gasteiger charge is -2.15. The van der Waals surface area contributed by atoms with E-state index in [-0.39, 0.29) is 47.4 Å². The van der Waals surface area contributed by atoms with Gasteiger partial charge in [0.05, 0.1) is 17.0 Å². The minimum absolute atomic E-state index is 0. The van der Waals surface area contributed by atoms with Crippen LogP contribution in [0.15, 0.2) is 34.2 Å². The molecular weight excluding hydrogens is 380 g/mol. The molecule has 3 unspecified atom stereocenters. The number of β-amino-alcohol motifs (C(OH)–C–C–N with tert-alkyl or cyclic N) is 1. The second kappa shape index (κ2) is 8.34. The van der Waals surface area contributed by atoms with Gasteiger partial charge in [0.1, 0.15) is 5.84 Å². The molecule has 2 aliphatic heterocycles. The molecule has 1 fully saturated rings. The van der Waals surface area contributed by atoms with Crippen molar-refractivity contribution in [1.82, 2.24) is 15.4 Å². The molecule has 0 aliphatic carbocycles. The van der Waals surface area contributed by atoms with Crippen LogP contribution < -0.4 is 15.4 Å². The van der Waals surface area contributed by atoms with Gasteiger partial charge >= 0.3 is 0 Å². The van der Waals surface area contributed by atoms with Crippen LogP contribution in [-0.4, -0.2) is 57.0 Å². The number of hydrogen-bond acceptors (Lipinski definition) is 6. The number of aliphatic imine (C=N–C) groups is 1. The molecule has 0 spiro atoms. The van der Waals surface area contributed by atoms with E-state index in [1.54, 1.807) is 25.1 Å². The van der Waals surface area contributed by atoms with Crippen LogP contribution in [0.2, 0.25) is 0 Å². The van der Waals surface area contributed by atoms with Gasteiger partial charge in [0, 0.05) is 37.5 Å². The number of halogens is 1. The van der Waals surface area contributed by atoms with Crippen LogP contribution >= 0.6 is 12.4 Å². The maximum absolute atomic E-state index is 12.0. The van der Waals surface area contributed by atoms with E-state index in [2.05, 4.69) is 20.3 Å². The van der Waals surface area contributed by atoms with E-state index >= 15 is 0 Å². The summed E-state index contributed by atoms with van der Waals surface area (Å²) in [5.74, 6) is 0.107. The topological polar surface area (TPSA) is 120 Å². The lowest BCUT2D eigenvalue weighted by molar-refractivity contribution is -0.121. The Labute approximate surface area is 158 Å². The summed E-state index contributed by atoms with van der Waals surface area (Å²) in [6.07, 6.45) is -0.300. The van der Waals surface area contributed by atoms with Gasteiger partial charge in [0.25, 0.3) is 10.0 Å². The Hall–Kier alpha value is -1.68. The third-order valence-electron chi connectivity index (χ3n) is 4.36. The van der Waals surface area contributed by atoms with E-state index in [4.69, 9.17) is 0 Å². The van der Waals surface area contributed by atoms with Crippen molar-refractivity contribution in [3.05, 3.63) is 29.8 Å². The summed E-state index contributed by atoms with van der Waals surface area (Å²) >= 11 is 0. The Kier molecular flexibility index (Phi) is 6.62. The molecule has 3 atom stereocenters. The van der Waals surface area contributed by atoms with Crippen molar-refractivity contribution in [2.24, 2.45) is 10.9 Å². The fourth-order valence-electron chi connectivity index (χ4n) is 3.01. The number of sulfonamides is 1. The Morgan fingerprint density at radius 3 is 2.81 bits per heavy atom. The van der Waals surface area contributed by atoms with E-state index in [9.17, 15) is 18.3 Å². The van der Waals surface area contributed by atoms with E-state index in [0.717, 1.165) is 0 Å². The quantitative estimate of drug-likeness (QED) is 0.535. The smallest absolute Gasteiger partial charge is 0.263 e. The summed E-state index contributed by atoms with van der Waals surface area (Å²) in [6.45, 7) is 3.39. The molecule has 144 valence electrons. The van der Waals surface area contributed by atoms with Crippen molar-refractivity contribution in [3.63, 3.8) is 0 Å². The highest BCUT2D eigenvalue weighted by atomic mass is 35.5. The molecule has 0 saturated carbocycles. The van der Waals surface area contributed by atoms with Gasteiger partial charge in [-0.05, 0) is 19.1 Å². The van der Waals surface area contributed by atoms with E-state index in [1.807, 2.05) is 0 Å². The Balaban J connectivity index is 0.00000243. The first kappa shape index (κ1) is 20.6. The van der Waals surface area contributed by atoms with Gasteiger partial charge in [0.15, 0.2) is 0 Å². The molecule has 0 radical (unpaired) electrons. The molecule has 4 N–H and O–H groups in total. The third-order valence-corrected chi connectivity index (χ3v) is 5.76. The fraction of sp³-hybridized carbons (Fsp3) is 0.500. The summed E-state index contributed by atoms with van der Waals surface area (Å²) in [4.78, 5) is 16.6. The monoisotopic (exact) mass is 402 g/mol. The van der Waals surface area contributed by atoms with Gasteiger partial charge in [-0.2, -0.15) is 0 Å². The van der Waals surface area contributed by atoms with Crippen molar-refractivity contribution < 1.29 is 18.3 Å². The lowest BCUT2D eigenvalue weighted by Crippen LogP contribution is -2.35. The molecule has 2 heterocycles. The number of fused-ring (bicyclic) bond motifs is 1. The maximum Gasteiger partial charge on any atom is 0.263 e. The Bertz CT molecular complexity index is 799. The minimum atomic E-state index is -3.57. The number of amidine groups is 1. The second-order valence-corrected chi connectivity index (χ2v) is 8.07. The highest BCUT2D eigenvalue weighted by Gasteiger charge is 2.30. The summed E-state index contributed by atoms with van der Waals surface area (Å²) in [5, 5.41) is 15.6. The molecule has 3 rings (SSSR count). The van der Waals surface area contributed by atoms with Crippen LogP contribution in [0.25, 0.3) is 0 Å². The number of aliphatic hydroxyl groups excluding tert-OH is 1. The average Bonchev–Trinajstić information content (AvgIpc) is 3.07. The molecule has 0 aromatic heterocycles. The number of nitrogens with zero attached hydrogens (tertiary/aromatic N) is 1. The molecule has 10 heteroatoms. The van der Waals surface area contributed by atoms with E-state index in [1.165, 1.54) is 6.07 Å². The van der Waals surface area contributed by atoms with Crippen molar-refractivity contribution in [3.8, 4) is 0 Å². The predicted molar refractivity (Wildman–Crippen MR) is 100 cm³/mol. The summed E-state index contributed by atoms with van der Waals surface area (Å²) < 4.78 is 26.5. The Morgan fingerprint density at radius 2 is 2.12 bits per heavy atom. The maximum atomic E-state index is 12.0. The van der Waals surface area contributed by atoms with Crippen molar-refractivity contribution in [1.29, 1.82) is 0 Å². The third kappa shape index (κ3) is 4.53. The fourth-order valence-corrected chi connectivity index (χ4v) is 4.25. The molecule has 1 amide bonds. The second-order valence-electron chi connectivity index (χ2n) is 6.42. The molecule has 1 aromatic rings. The number of benzene rings is 1. The lowest BCUT2D eigenvalue weighted by atomic mass is 10.1. The molecular formula is C16H23ClN4O4S. The highest BCUT2D eigenvalue weighted by Crippen LogP contribution is 2.22. The molecule has 8 nitrogen and oxygen atoms in total. The number of amides is 1. The van der Waals surface area contributed by atoms with Crippen LogP contribution in [0, 0.1) is 5.92 Å². The van der Waals surface area contributed by atoms with Crippen LogP contribution in [0.4, 0.5) is 0 Å². The number of nitrogens with one attached hydrogen (secondary N) is 3. The normalized spacial score (nSPS) is 25.8. The SMILES string of the molecule is CC(CC(=O)NCC1CNCC1O)N=C1NS(=O)(=O)c2ccccc21.Cl. The van der Waals surface area contributed by atoms with Gasteiger partial charge in [-0.25, -0.2) is 8.42 Å². The zero-order chi connectivity index (χ0) is 18.0. The minimum Gasteiger partial charge on any atom is -0.391 e. The standard InChI is InChI=1S/C16H22N4O4S.ClH/c1-10(6-15(22)18-8-11-7-17-9-13(11)21)19-16-12-4-2-3-5-14(12)25(23,24)20-16;/h2-5,10-11,13,17,21H,6-9H2,1H3,(H,18,22)(H,19,20);1H. The number of carbonyl (C=O) groups excluding carboxylic acids is 1. The molecule has 26 heavy (non-hydrogen) atoms. The van der Waals surface area contributed by atoms with Gasteiger partial charge in [-0.1, -0.05) is 12.1 Å². The van der Waals surface area contributed by atoms with Crippen molar-refractivity contribution in [2.45, 2.75) is 30.4 Å². The summed E-state index contributed by atoms with van der Waals surface area (Å²) in [5.41, 5.74) is 0.523. The van der Waals surface area contributed by atoms with Crippen LogP contribution in [0.1, 0.15) is 18.9 Å². The number of rotatable bonds is 5. The molecule has 2 aliphatic rings. The van der Waals surface area contributed by atoms with E-state index in [0.29, 0.717) is 25.2 Å². The van der Waals surface area contributed by atoms with Crippen LogP contribution in [0.5, 0.6) is 0 Å². The summed E-state index contributed by atoms with van der Waals surface area (Å²) in [6, 6.07) is 6.24. The Morgan fingerprint density at radius 1 is 1.38 bits per heavy atom. The first-order valence-corrected chi connectivity index (χ1v) is 9.70. The van der Waals surface area contributed by atoms with Crippen molar-refractivity contribution in [2.75, 3.05) is 19.6 Å². The van der Waals surface area contributed by atoms with Crippen LogP contribution in [-0.2, 0) is 14.8 Å². The number of hydrogen-bond donors (Lipinski definition) is 4. The molecule has 1 saturated heterocycles. The first-order valence-electron chi connectivity index (χ1n) is 8.22. The molecule has 0 bridgehead atoms. The highest BCUT2D eigenvalue weighted by molar-refractivity contribution is 7.90. The van der Waals surface area contributed by atoms with Gasteiger partial charge in [-0.3, -0.25) is 14.5 Å². The largest absolute Gasteiger partial charge is 0.391 e. The number of aliphatic hydroxyl groups is 1. The zero-order valence-electron chi connectivity index (χ0n) is 14.3. The molecule has 1 aromatic carbocycles. The zero-order valence-corrected chi connectivity index (χ0v) is 15.9. The van der Waals surface area contributed by atoms with Gasteiger partial charge < -0.3 is 15.7 Å². The predicted octanol–water partition coefficient (Wildman–Crippen LogP) is -0.378. The van der Waals surface area contributed by atoms with Crippen molar-refractivity contribution >= 4 is 34.2 Å². The summed E-state index contributed by atoms with van der Waals surface area (Å²) in [7, 11) is -3.57. The van der Waals surface area contributed by atoms with E-state index < -0.39 is 16.1 Å². The average molecular weight is 403 g/mol. The number of carbonyl (C=O) groups is 1. The first-order chi connectivity index (χ1) is 11.9. The van der Waals surface area contributed by atoms with Crippen LogP contribution in [0.3, 0.4) is 0 Å². The van der Waals surface area contributed by atoms with Gasteiger partial charge in [0.2, 0.25) is 5.91 Å².